The SMILES string of the molecule is COc1cccc(C=O)c1OC(=O)CCCCl. The van der Waals surface area contributed by atoms with Crippen molar-refractivity contribution in [1.29, 1.82) is 0 Å². The number of aldehydes is 1. The molecular formula is C12H13ClO4. The van der Waals surface area contributed by atoms with Crippen LogP contribution >= 0.6 is 11.6 Å². The van der Waals surface area contributed by atoms with Crippen LogP contribution in [-0.4, -0.2) is 25.2 Å². The minimum Gasteiger partial charge on any atom is -0.493 e. The number of carbonyl (C=O) groups excluding carboxylic acids is 2. The minimum atomic E-state index is -0.432. The largest absolute Gasteiger partial charge is 0.493 e. The highest BCUT2D eigenvalue weighted by atomic mass is 35.5. The minimum absolute atomic E-state index is 0.157. The van der Waals surface area contributed by atoms with Crippen molar-refractivity contribution in [1.82, 2.24) is 0 Å². The number of halogens is 1. The van der Waals surface area contributed by atoms with Crippen molar-refractivity contribution < 1.29 is 19.1 Å². The van der Waals surface area contributed by atoms with Crippen LogP contribution in [0.5, 0.6) is 11.5 Å². The van der Waals surface area contributed by atoms with Crippen molar-refractivity contribution in [2.75, 3.05) is 13.0 Å². The summed E-state index contributed by atoms with van der Waals surface area (Å²) >= 11 is 5.48. The van der Waals surface area contributed by atoms with Crippen molar-refractivity contribution >= 4 is 23.9 Å². The van der Waals surface area contributed by atoms with Gasteiger partial charge in [0.25, 0.3) is 0 Å². The predicted molar refractivity (Wildman–Crippen MR) is 64.0 cm³/mol. The van der Waals surface area contributed by atoms with E-state index in [1.165, 1.54) is 7.11 Å². The van der Waals surface area contributed by atoms with E-state index in [9.17, 15) is 9.59 Å². The standard InChI is InChI=1S/C12H13ClO4/c1-16-10-5-2-4-9(8-14)12(10)17-11(15)6-3-7-13/h2,4-5,8H,3,6-7H2,1H3. The van der Waals surface area contributed by atoms with Gasteiger partial charge >= 0.3 is 5.97 Å². The Morgan fingerprint density at radius 1 is 1.47 bits per heavy atom. The molecule has 0 N–H and O–H groups in total. The first kappa shape index (κ1) is 13.5. The number of ether oxygens (including phenoxy) is 2. The maximum atomic E-state index is 11.5. The second kappa shape index (κ2) is 6.91. The lowest BCUT2D eigenvalue weighted by Gasteiger charge is -2.10. The quantitative estimate of drug-likeness (QED) is 0.339. The summed E-state index contributed by atoms with van der Waals surface area (Å²) in [6.45, 7) is 0. The molecule has 0 bridgehead atoms. The normalized spacial score (nSPS) is 9.76. The number of methoxy groups -OCH3 is 1. The first-order valence-electron chi connectivity index (χ1n) is 5.11. The maximum Gasteiger partial charge on any atom is 0.311 e. The van der Waals surface area contributed by atoms with E-state index in [0.29, 0.717) is 24.3 Å². The van der Waals surface area contributed by atoms with E-state index in [2.05, 4.69) is 0 Å². The van der Waals surface area contributed by atoms with E-state index in [4.69, 9.17) is 21.1 Å². The van der Waals surface area contributed by atoms with Crippen molar-refractivity contribution in [3.05, 3.63) is 23.8 Å². The van der Waals surface area contributed by atoms with Crippen LogP contribution in [-0.2, 0) is 4.79 Å². The van der Waals surface area contributed by atoms with Gasteiger partial charge in [-0.3, -0.25) is 9.59 Å². The predicted octanol–water partition coefficient (Wildman–Crippen LogP) is 2.43. The van der Waals surface area contributed by atoms with Gasteiger partial charge in [0.05, 0.1) is 12.7 Å². The van der Waals surface area contributed by atoms with Gasteiger partial charge in [-0.15, -0.1) is 11.6 Å². The molecule has 0 fully saturated rings. The Kier molecular flexibility index (Phi) is 5.49. The summed E-state index contributed by atoms with van der Waals surface area (Å²) in [6, 6.07) is 4.83. The van der Waals surface area contributed by atoms with Crippen molar-refractivity contribution in [3.63, 3.8) is 0 Å². The van der Waals surface area contributed by atoms with Crippen molar-refractivity contribution in [3.8, 4) is 11.5 Å². The smallest absolute Gasteiger partial charge is 0.311 e. The summed E-state index contributed by atoms with van der Waals surface area (Å²) in [7, 11) is 1.44. The van der Waals surface area contributed by atoms with Crippen LogP contribution < -0.4 is 9.47 Å². The first-order valence-corrected chi connectivity index (χ1v) is 5.65. The Morgan fingerprint density at radius 3 is 2.82 bits per heavy atom. The van der Waals surface area contributed by atoms with Gasteiger partial charge in [-0.25, -0.2) is 0 Å². The summed E-state index contributed by atoms with van der Waals surface area (Å²) < 4.78 is 10.1. The molecule has 0 unspecified atom stereocenters. The Balaban J connectivity index is 2.87. The molecule has 0 aromatic heterocycles. The number of carbonyl (C=O) groups is 2. The Hall–Kier alpha value is -1.55. The fourth-order valence-electron chi connectivity index (χ4n) is 1.27. The lowest BCUT2D eigenvalue weighted by molar-refractivity contribution is -0.134. The molecule has 5 heteroatoms. The van der Waals surface area contributed by atoms with Crippen LogP contribution in [0.1, 0.15) is 23.2 Å². The number of benzene rings is 1. The molecule has 92 valence electrons. The fraction of sp³-hybridized carbons (Fsp3) is 0.333. The number of hydrogen-bond donors (Lipinski definition) is 0. The van der Waals surface area contributed by atoms with Crippen LogP contribution in [0.15, 0.2) is 18.2 Å². The zero-order chi connectivity index (χ0) is 12.7. The van der Waals surface area contributed by atoms with E-state index in [0.717, 1.165) is 0 Å². The highest BCUT2D eigenvalue weighted by Gasteiger charge is 2.14. The molecule has 1 rings (SSSR count). The molecule has 0 saturated heterocycles. The average Bonchev–Trinajstić information content (AvgIpc) is 2.36. The number of para-hydroxylation sites is 1. The van der Waals surface area contributed by atoms with Gasteiger partial charge in [-0.1, -0.05) is 6.07 Å². The Morgan fingerprint density at radius 2 is 2.24 bits per heavy atom. The van der Waals surface area contributed by atoms with Gasteiger partial charge in [0.2, 0.25) is 0 Å². The summed E-state index contributed by atoms with van der Waals surface area (Å²) in [4.78, 5) is 22.3. The fourth-order valence-corrected chi connectivity index (χ4v) is 1.41. The summed E-state index contributed by atoms with van der Waals surface area (Å²) in [5, 5.41) is 0. The van der Waals surface area contributed by atoms with Gasteiger partial charge in [-0.05, 0) is 18.6 Å². The Labute approximate surface area is 104 Å². The van der Waals surface area contributed by atoms with E-state index in [1.807, 2.05) is 0 Å². The lowest BCUT2D eigenvalue weighted by atomic mass is 10.2. The van der Waals surface area contributed by atoms with Crippen LogP contribution in [0.25, 0.3) is 0 Å². The second-order valence-corrected chi connectivity index (χ2v) is 3.64. The molecule has 17 heavy (non-hydrogen) atoms. The maximum absolute atomic E-state index is 11.5. The molecule has 0 aliphatic carbocycles. The number of hydrogen-bond acceptors (Lipinski definition) is 4. The topological polar surface area (TPSA) is 52.6 Å². The van der Waals surface area contributed by atoms with Gasteiger partial charge in [-0.2, -0.15) is 0 Å². The molecule has 0 saturated carbocycles. The summed E-state index contributed by atoms with van der Waals surface area (Å²) in [5.74, 6) is 0.471. The van der Waals surface area contributed by atoms with Gasteiger partial charge in [0.15, 0.2) is 17.8 Å². The van der Waals surface area contributed by atoms with Gasteiger partial charge in [0.1, 0.15) is 0 Å². The second-order valence-electron chi connectivity index (χ2n) is 3.26. The van der Waals surface area contributed by atoms with Gasteiger partial charge < -0.3 is 9.47 Å². The van der Waals surface area contributed by atoms with E-state index in [1.54, 1.807) is 18.2 Å². The molecule has 0 spiro atoms. The van der Waals surface area contributed by atoms with Crippen molar-refractivity contribution in [2.24, 2.45) is 0 Å². The summed E-state index contributed by atoms with van der Waals surface area (Å²) in [6.07, 6.45) is 1.36. The molecular weight excluding hydrogens is 244 g/mol. The van der Waals surface area contributed by atoms with Gasteiger partial charge in [0, 0.05) is 12.3 Å². The zero-order valence-electron chi connectivity index (χ0n) is 9.44. The van der Waals surface area contributed by atoms with Crippen LogP contribution in [0.2, 0.25) is 0 Å². The molecule has 1 aromatic rings. The third-order valence-electron chi connectivity index (χ3n) is 2.09. The van der Waals surface area contributed by atoms with E-state index >= 15 is 0 Å². The highest BCUT2D eigenvalue weighted by molar-refractivity contribution is 6.17. The molecule has 1 aromatic carbocycles. The molecule has 0 radical (unpaired) electrons. The third-order valence-corrected chi connectivity index (χ3v) is 2.35. The molecule has 0 heterocycles. The molecule has 0 atom stereocenters. The average molecular weight is 257 g/mol. The molecule has 0 amide bonds. The highest BCUT2D eigenvalue weighted by Crippen LogP contribution is 2.30. The third kappa shape index (κ3) is 3.75. The summed E-state index contributed by atoms with van der Waals surface area (Å²) in [5.41, 5.74) is 0.281. The van der Waals surface area contributed by atoms with Crippen molar-refractivity contribution in [2.45, 2.75) is 12.8 Å². The van der Waals surface area contributed by atoms with Crippen LogP contribution in [0, 0.1) is 0 Å². The molecule has 0 aliphatic heterocycles. The zero-order valence-corrected chi connectivity index (χ0v) is 10.2. The van der Waals surface area contributed by atoms with E-state index < -0.39 is 5.97 Å². The number of alkyl halides is 1. The van der Waals surface area contributed by atoms with Crippen LogP contribution in [0.4, 0.5) is 0 Å². The number of esters is 1. The molecule has 4 nitrogen and oxygen atoms in total. The monoisotopic (exact) mass is 256 g/mol. The number of rotatable bonds is 6. The van der Waals surface area contributed by atoms with E-state index in [-0.39, 0.29) is 17.7 Å². The first-order chi connectivity index (χ1) is 8.22. The van der Waals surface area contributed by atoms with Crippen LogP contribution in [0.3, 0.4) is 0 Å². The Bertz CT molecular complexity index is 403. The molecule has 0 aliphatic rings. The lowest BCUT2D eigenvalue weighted by Crippen LogP contribution is -2.10.